The second-order valence-electron chi connectivity index (χ2n) is 7.41. The number of carbonyl (C=O) groups is 5. The van der Waals surface area contributed by atoms with Crippen molar-refractivity contribution in [3.8, 4) is 0 Å². The van der Waals surface area contributed by atoms with Crippen LogP contribution >= 0.6 is 0 Å². The molecule has 0 radical (unpaired) electrons. The predicted molar refractivity (Wildman–Crippen MR) is 111 cm³/mol. The lowest BCUT2D eigenvalue weighted by molar-refractivity contribution is -0.143. The number of nitrogens with one attached hydrogen (secondary N) is 3. The quantitative estimate of drug-likeness (QED) is 0.105. The number of carbonyl (C=O) groups excluding carboxylic acids is 4. The molecule has 0 saturated carbocycles. The molecular weight excluding hydrogens is 428 g/mol. The van der Waals surface area contributed by atoms with E-state index < -0.39 is 72.4 Å². The van der Waals surface area contributed by atoms with E-state index in [1.807, 2.05) is 0 Å². The van der Waals surface area contributed by atoms with Crippen LogP contribution in [0.1, 0.15) is 39.5 Å². The summed E-state index contributed by atoms with van der Waals surface area (Å²) >= 11 is 0. The Morgan fingerprint density at radius 1 is 0.844 bits per heavy atom. The maximum absolute atomic E-state index is 12.6. The number of carboxylic acid groups (broad SMARTS) is 1. The number of nitrogens with two attached hydrogens (primary N) is 3. The van der Waals surface area contributed by atoms with Gasteiger partial charge in [-0.1, -0.05) is 0 Å². The van der Waals surface area contributed by atoms with Crippen LogP contribution in [0.15, 0.2) is 0 Å². The minimum Gasteiger partial charge on any atom is -0.480 e. The minimum absolute atomic E-state index is 0.0862. The number of unbranched alkanes of at least 4 members (excludes halogenated alkanes) is 1. The van der Waals surface area contributed by atoms with E-state index in [1.54, 1.807) is 0 Å². The fraction of sp³-hybridized carbons (Fsp3) is 0.722. The molecule has 0 heterocycles. The fourth-order valence-corrected chi connectivity index (χ4v) is 2.63. The standard InChI is InChI=1S/C18H34N6O8/c1-8(25)13(16(29)22-11(18(31)32)5-3-4-6-19)24-17(30)14(9(2)26)23-15(28)10(20)7-12(21)27/h8-11,13-14,25-26H,3-7,19-20H2,1-2H3,(H2,21,27)(H,22,29)(H,23,28)(H,24,30)(H,31,32). The number of aliphatic hydroxyl groups is 2. The van der Waals surface area contributed by atoms with Crippen LogP contribution in [0.4, 0.5) is 0 Å². The van der Waals surface area contributed by atoms with E-state index in [0.717, 1.165) is 0 Å². The molecule has 0 aliphatic rings. The summed E-state index contributed by atoms with van der Waals surface area (Å²) < 4.78 is 0. The monoisotopic (exact) mass is 462 g/mol. The highest BCUT2D eigenvalue weighted by molar-refractivity contribution is 5.95. The molecule has 6 atom stereocenters. The SMILES string of the molecule is CC(O)C(NC(=O)C(N)CC(N)=O)C(=O)NC(C(=O)NC(CCCCN)C(=O)O)C(C)O. The molecule has 184 valence electrons. The smallest absolute Gasteiger partial charge is 0.326 e. The van der Waals surface area contributed by atoms with Gasteiger partial charge in [-0.05, 0) is 39.7 Å². The van der Waals surface area contributed by atoms with Crippen molar-refractivity contribution in [3.63, 3.8) is 0 Å². The van der Waals surface area contributed by atoms with Gasteiger partial charge in [0.15, 0.2) is 0 Å². The van der Waals surface area contributed by atoms with Crippen LogP contribution in [0, 0.1) is 0 Å². The highest BCUT2D eigenvalue weighted by Gasteiger charge is 2.34. The molecule has 32 heavy (non-hydrogen) atoms. The average Bonchev–Trinajstić information content (AvgIpc) is 2.67. The summed E-state index contributed by atoms with van der Waals surface area (Å²) in [6, 6.07) is -5.82. The molecule has 0 aromatic heterocycles. The largest absolute Gasteiger partial charge is 0.480 e. The first-order valence-electron chi connectivity index (χ1n) is 10.1. The number of aliphatic hydroxyl groups excluding tert-OH is 2. The molecule has 0 saturated heterocycles. The third kappa shape index (κ3) is 10.5. The van der Waals surface area contributed by atoms with Gasteiger partial charge in [-0.3, -0.25) is 19.2 Å². The predicted octanol–water partition coefficient (Wildman–Crippen LogP) is -4.38. The molecule has 4 amide bonds. The van der Waals surface area contributed by atoms with Crippen molar-refractivity contribution in [2.24, 2.45) is 17.2 Å². The summed E-state index contributed by atoms with van der Waals surface area (Å²) in [5.41, 5.74) is 15.8. The Hall–Kier alpha value is -2.81. The Morgan fingerprint density at radius 2 is 1.31 bits per heavy atom. The van der Waals surface area contributed by atoms with Crippen molar-refractivity contribution in [2.45, 2.75) is 75.9 Å². The molecule has 6 unspecified atom stereocenters. The van der Waals surface area contributed by atoms with Gasteiger partial charge < -0.3 is 48.5 Å². The normalized spacial score (nSPS) is 16.6. The first-order valence-corrected chi connectivity index (χ1v) is 10.1. The number of hydrogen-bond donors (Lipinski definition) is 9. The molecule has 0 aromatic rings. The van der Waals surface area contributed by atoms with Crippen molar-refractivity contribution in [1.82, 2.24) is 16.0 Å². The minimum atomic E-state index is -1.59. The first kappa shape index (κ1) is 29.2. The Morgan fingerprint density at radius 3 is 1.72 bits per heavy atom. The third-order valence-electron chi connectivity index (χ3n) is 4.44. The van der Waals surface area contributed by atoms with Crippen LogP contribution in [-0.4, -0.2) is 87.8 Å². The molecule has 0 rings (SSSR count). The first-order chi connectivity index (χ1) is 14.8. The van der Waals surface area contributed by atoms with E-state index in [0.29, 0.717) is 19.4 Å². The lowest BCUT2D eigenvalue weighted by Gasteiger charge is -2.27. The van der Waals surface area contributed by atoms with Crippen molar-refractivity contribution >= 4 is 29.6 Å². The van der Waals surface area contributed by atoms with Gasteiger partial charge in [0.1, 0.15) is 18.1 Å². The maximum atomic E-state index is 12.6. The topological polar surface area (TPSA) is 260 Å². The second kappa shape index (κ2) is 14.3. The molecule has 14 nitrogen and oxygen atoms in total. The second-order valence-corrected chi connectivity index (χ2v) is 7.41. The Bertz CT molecular complexity index is 672. The summed E-state index contributed by atoms with van der Waals surface area (Å²) in [6.07, 6.45) is -2.33. The number of amides is 4. The summed E-state index contributed by atoms with van der Waals surface area (Å²) in [5.74, 6) is -5.13. The van der Waals surface area contributed by atoms with Crippen molar-refractivity contribution in [1.29, 1.82) is 0 Å². The maximum Gasteiger partial charge on any atom is 0.326 e. The molecule has 12 N–H and O–H groups in total. The van der Waals surface area contributed by atoms with Crippen LogP contribution < -0.4 is 33.2 Å². The molecule has 0 aromatic carbocycles. The molecule has 0 aliphatic heterocycles. The zero-order valence-corrected chi connectivity index (χ0v) is 18.1. The number of hydrogen-bond acceptors (Lipinski definition) is 9. The zero-order valence-electron chi connectivity index (χ0n) is 18.1. The number of aliphatic carboxylic acids is 1. The summed E-state index contributed by atoms with van der Waals surface area (Å²) in [4.78, 5) is 59.4. The van der Waals surface area contributed by atoms with Gasteiger partial charge in [0.25, 0.3) is 0 Å². The van der Waals surface area contributed by atoms with Gasteiger partial charge in [0, 0.05) is 0 Å². The molecule has 0 aliphatic carbocycles. The molecule has 0 bridgehead atoms. The molecule has 14 heteroatoms. The van der Waals surface area contributed by atoms with E-state index in [4.69, 9.17) is 17.2 Å². The van der Waals surface area contributed by atoms with E-state index in [-0.39, 0.29) is 6.42 Å². The van der Waals surface area contributed by atoms with Crippen molar-refractivity contribution < 1.29 is 39.3 Å². The van der Waals surface area contributed by atoms with E-state index in [1.165, 1.54) is 13.8 Å². The van der Waals surface area contributed by atoms with E-state index in [9.17, 15) is 39.3 Å². The molecule has 0 fully saturated rings. The number of rotatable bonds is 15. The van der Waals surface area contributed by atoms with Crippen molar-refractivity contribution in [3.05, 3.63) is 0 Å². The summed E-state index contributed by atoms with van der Waals surface area (Å²) in [7, 11) is 0. The zero-order chi connectivity index (χ0) is 25.0. The fourth-order valence-electron chi connectivity index (χ4n) is 2.63. The summed E-state index contributed by atoms with van der Waals surface area (Å²) in [5, 5.41) is 35.6. The van der Waals surface area contributed by atoms with Crippen molar-refractivity contribution in [2.75, 3.05) is 6.54 Å². The van der Waals surface area contributed by atoms with Gasteiger partial charge in [0.05, 0.1) is 24.7 Å². The van der Waals surface area contributed by atoms with Crippen LogP contribution in [0.3, 0.4) is 0 Å². The van der Waals surface area contributed by atoms with Gasteiger partial charge in [-0.25, -0.2) is 4.79 Å². The Kier molecular flexibility index (Phi) is 13.0. The number of primary amides is 1. The van der Waals surface area contributed by atoms with Gasteiger partial charge in [0.2, 0.25) is 23.6 Å². The Balaban J connectivity index is 5.30. The van der Waals surface area contributed by atoms with Gasteiger partial charge >= 0.3 is 5.97 Å². The molecule has 0 spiro atoms. The lowest BCUT2D eigenvalue weighted by Crippen LogP contribution is -2.62. The van der Waals surface area contributed by atoms with Crippen LogP contribution in [0.5, 0.6) is 0 Å². The lowest BCUT2D eigenvalue weighted by atomic mass is 10.1. The van der Waals surface area contributed by atoms with Gasteiger partial charge in [-0.2, -0.15) is 0 Å². The number of carboxylic acids is 1. The Labute approximate surface area is 185 Å². The molecular formula is C18H34N6O8. The highest BCUT2D eigenvalue weighted by atomic mass is 16.4. The average molecular weight is 463 g/mol. The third-order valence-corrected chi connectivity index (χ3v) is 4.44. The van der Waals surface area contributed by atoms with Crippen LogP contribution in [-0.2, 0) is 24.0 Å². The summed E-state index contributed by atoms with van der Waals surface area (Å²) in [6.45, 7) is 2.72. The van der Waals surface area contributed by atoms with Crippen LogP contribution in [0.2, 0.25) is 0 Å². The van der Waals surface area contributed by atoms with Gasteiger partial charge in [-0.15, -0.1) is 0 Å². The highest BCUT2D eigenvalue weighted by Crippen LogP contribution is 2.04. The van der Waals surface area contributed by atoms with E-state index >= 15 is 0 Å². The van der Waals surface area contributed by atoms with E-state index in [2.05, 4.69) is 16.0 Å². The van der Waals surface area contributed by atoms with Crippen LogP contribution in [0.25, 0.3) is 0 Å².